The summed E-state index contributed by atoms with van der Waals surface area (Å²) in [4.78, 5) is 32.1. The highest BCUT2D eigenvalue weighted by molar-refractivity contribution is 5.94. The number of ether oxygens (including phenoxy) is 3. The van der Waals surface area contributed by atoms with Gasteiger partial charge in [0.1, 0.15) is 12.0 Å². The van der Waals surface area contributed by atoms with Crippen molar-refractivity contribution in [3.8, 4) is 17.2 Å². The van der Waals surface area contributed by atoms with E-state index in [-0.39, 0.29) is 18.7 Å². The van der Waals surface area contributed by atoms with Crippen LogP contribution in [0.25, 0.3) is 0 Å². The quantitative estimate of drug-likeness (QED) is 0.469. The van der Waals surface area contributed by atoms with E-state index in [2.05, 4.69) is 24.2 Å². The zero-order valence-electron chi connectivity index (χ0n) is 24.5. The molecule has 1 unspecified atom stereocenters. The number of benzene rings is 2. The first-order valence-corrected chi connectivity index (χ1v) is 14.7. The Bertz CT molecular complexity index is 1230. The molecule has 41 heavy (non-hydrogen) atoms. The third-order valence-electron chi connectivity index (χ3n) is 8.89. The van der Waals surface area contributed by atoms with Crippen LogP contribution < -0.4 is 19.5 Å². The molecule has 2 N–H and O–H groups in total. The van der Waals surface area contributed by atoms with Gasteiger partial charge >= 0.3 is 6.03 Å². The summed E-state index contributed by atoms with van der Waals surface area (Å²) in [7, 11) is 2.06. The average molecular weight is 567 g/mol. The summed E-state index contributed by atoms with van der Waals surface area (Å²) in [6.45, 7) is 9.39. The summed E-state index contributed by atoms with van der Waals surface area (Å²) < 4.78 is 17.4. The van der Waals surface area contributed by atoms with Gasteiger partial charge in [-0.2, -0.15) is 0 Å². The first kappa shape index (κ1) is 29.0. The van der Waals surface area contributed by atoms with Crippen molar-refractivity contribution in [2.75, 3.05) is 40.0 Å². The normalized spacial score (nSPS) is 22.2. The van der Waals surface area contributed by atoms with Gasteiger partial charge in [-0.15, -0.1) is 0 Å². The van der Waals surface area contributed by atoms with E-state index in [1.807, 2.05) is 36.9 Å². The molecule has 3 heterocycles. The summed E-state index contributed by atoms with van der Waals surface area (Å²) in [5.74, 6) is 1.90. The van der Waals surface area contributed by atoms with Crippen molar-refractivity contribution in [2.24, 2.45) is 5.41 Å². The Labute approximate surface area is 242 Å². The molecule has 0 saturated carbocycles. The number of likely N-dealkylation sites (tertiary alicyclic amines) is 1. The Balaban J connectivity index is 1.30. The zero-order valence-corrected chi connectivity index (χ0v) is 24.5. The summed E-state index contributed by atoms with van der Waals surface area (Å²) in [5.41, 5.74) is 0.910. The number of amides is 3. The number of rotatable bonds is 9. The van der Waals surface area contributed by atoms with Crippen molar-refractivity contribution >= 4 is 11.9 Å². The molecule has 222 valence electrons. The van der Waals surface area contributed by atoms with Gasteiger partial charge in [0.05, 0.1) is 11.5 Å². The molecule has 5 rings (SSSR count). The topological polar surface area (TPSA) is 104 Å². The first-order valence-electron chi connectivity index (χ1n) is 14.7. The molecule has 2 fully saturated rings. The van der Waals surface area contributed by atoms with Gasteiger partial charge in [0.25, 0.3) is 5.91 Å². The molecule has 3 aliphatic rings. The zero-order chi connectivity index (χ0) is 29.1. The number of carbonyl (C=O) groups is 2. The lowest BCUT2D eigenvalue weighted by molar-refractivity contribution is -0.275. The van der Waals surface area contributed by atoms with E-state index in [4.69, 9.17) is 14.2 Å². The predicted octanol–water partition coefficient (Wildman–Crippen LogP) is 4.20. The van der Waals surface area contributed by atoms with Gasteiger partial charge in [0.2, 0.25) is 6.79 Å². The molecule has 0 radical (unpaired) electrons. The number of carbonyl (C=O) groups excluding carboxylic acids is 2. The van der Waals surface area contributed by atoms with Crippen LogP contribution in [-0.2, 0) is 0 Å². The minimum absolute atomic E-state index is 0.00617. The largest absolute Gasteiger partial charge is 0.470 e. The SMILES string of the molecule is CCC[C@@H](NC(=O)N1C(O)C(CC)(CC)[C@@H]1Oc1ccc(C(=O)N2CCN(C)CC2)cc1)c1ccc2c(c1)OCO2. The third-order valence-corrected chi connectivity index (χ3v) is 8.89. The Morgan fingerprint density at radius 1 is 1.02 bits per heavy atom. The van der Waals surface area contributed by atoms with Crippen LogP contribution in [0.15, 0.2) is 42.5 Å². The Hall–Kier alpha value is -3.50. The van der Waals surface area contributed by atoms with Gasteiger partial charge in [-0.1, -0.05) is 33.3 Å². The molecule has 10 nitrogen and oxygen atoms in total. The number of piperazine rings is 1. The monoisotopic (exact) mass is 566 g/mol. The highest BCUT2D eigenvalue weighted by atomic mass is 16.7. The van der Waals surface area contributed by atoms with Gasteiger partial charge in [0, 0.05) is 31.7 Å². The molecule has 0 aliphatic carbocycles. The number of hydrogen-bond acceptors (Lipinski definition) is 7. The molecule has 3 aliphatic heterocycles. The molecule has 3 atom stereocenters. The molecule has 0 bridgehead atoms. The minimum atomic E-state index is -0.986. The number of fused-ring (bicyclic) bond motifs is 1. The molecular formula is C31H42N4O6. The van der Waals surface area contributed by atoms with E-state index < -0.39 is 23.9 Å². The second-order valence-electron chi connectivity index (χ2n) is 11.2. The van der Waals surface area contributed by atoms with Crippen molar-refractivity contribution in [2.45, 2.75) is 65.0 Å². The third kappa shape index (κ3) is 5.55. The van der Waals surface area contributed by atoms with Crippen LogP contribution in [-0.4, -0.2) is 84.2 Å². The molecule has 2 saturated heterocycles. The lowest BCUT2D eigenvalue weighted by Gasteiger charge is -2.59. The number of aliphatic hydroxyl groups is 1. The van der Waals surface area contributed by atoms with Crippen LogP contribution in [0.1, 0.15) is 68.4 Å². The molecular weight excluding hydrogens is 524 g/mol. The van der Waals surface area contributed by atoms with Gasteiger partial charge in [-0.3, -0.25) is 9.69 Å². The van der Waals surface area contributed by atoms with Gasteiger partial charge < -0.3 is 34.4 Å². The number of urea groups is 1. The van der Waals surface area contributed by atoms with Gasteiger partial charge in [-0.25, -0.2) is 4.79 Å². The van der Waals surface area contributed by atoms with Gasteiger partial charge in [-0.05, 0) is 68.3 Å². The van der Waals surface area contributed by atoms with E-state index in [0.29, 0.717) is 48.7 Å². The van der Waals surface area contributed by atoms with E-state index in [9.17, 15) is 14.7 Å². The Morgan fingerprint density at radius 3 is 2.37 bits per heavy atom. The van der Waals surface area contributed by atoms with Crippen molar-refractivity contribution in [1.29, 1.82) is 0 Å². The van der Waals surface area contributed by atoms with Crippen LogP contribution >= 0.6 is 0 Å². The maximum atomic E-state index is 13.7. The second kappa shape index (κ2) is 12.2. The standard InChI is InChI=1S/C31H42N4O6/c1-5-8-24(22-11-14-25-26(19-22)40-20-39-25)32-30(38)35-28(37)31(6-2,7-3)29(35)41-23-12-9-21(10-13-23)27(36)34-17-15-33(4)16-18-34/h9-14,19,24,28-29,37H,5-8,15-18,20H2,1-4H3,(H,32,38)/t24-,28?,29+/m1/s1. The smallest absolute Gasteiger partial charge is 0.322 e. The van der Waals surface area contributed by atoms with Crippen LogP contribution in [0.2, 0.25) is 0 Å². The maximum Gasteiger partial charge on any atom is 0.322 e. The fourth-order valence-electron chi connectivity index (χ4n) is 6.05. The molecule has 0 aromatic heterocycles. The highest BCUT2D eigenvalue weighted by Crippen LogP contribution is 2.49. The number of nitrogens with one attached hydrogen (secondary N) is 1. The fourth-order valence-corrected chi connectivity index (χ4v) is 6.05. The highest BCUT2D eigenvalue weighted by Gasteiger charge is 2.62. The Morgan fingerprint density at radius 2 is 1.71 bits per heavy atom. The lowest BCUT2D eigenvalue weighted by atomic mass is 9.70. The summed E-state index contributed by atoms with van der Waals surface area (Å²) >= 11 is 0. The second-order valence-corrected chi connectivity index (χ2v) is 11.2. The minimum Gasteiger partial charge on any atom is -0.470 e. The number of nitrogens with zero attached hydrogens (tertiary/aromatic N) is 3. The number of likely N-dealkylation sites (N-methyl/N-ethyl adjacent to an activating group) is 1. The van der Waals surface area contributed by atoms with E-state index >= 15 is 0 Å². The molecule has 3 amide bonds. The average Bonchev–Trinajstić information content (AvgIpc) is 3.46. The van der Waals surface area contributed by atoms with E-state index in [1.165, 1.54) is 4.90 Å². The maximum absolute atomic E-state index is 13.7. The van der Waals surface area contributed by atoms with E-state index in [1.54, 1.807) is 24.3 Å². The van der Waals surface area contributed by atoms with Crippen molar-refractivity contribution in [3.05, 3.63) is 53.6 Å². The number of aliphatic hydroxyl groups excluding tert-OH is 1. The summed E-state index contributed by atoms with van der Waals surface area (Å²) in [6.07, 6.45) is 1.20. The lowest BCUT2D eigenvalue weighted by Crippen LogP contribution is -2.76. The Kier molecular flexibility index (Phi) is 8.60. The van der Waals surface area contributed by atoms with Crippen LogP contribution in [0, 0.1) is 5.41 Å². The van der Waals surface area contributed by atoms with E-state index in [0.717, 1.165) is 31.5 Å². The number of hydrogen-bond donors (Lipinski definition) is 2. The molecule has 10 heteroatoms. The van der Waals surface area contributed by atoms with Crippen LogP contribution in [0.3, 0.4) is 0 Å². The van der Waals surface area contributed by atoms with Crippen molar-refractivity contribution < 1.29 is 28.9 Å². The van der Waals surface area contributed by atoms with Crippen LogP contribution in [0.4, 0.5) is 4.79 Å². The molecule has 0 spiro atoms. The summed E-state index contributed by atoms with van der Waals surface area (Å²) in [6, 6.07) is 12.1. The fraction of sp³-hybridized carbons (Fsp3) is 0.548. The predicted molar refractivity (Wildman–Crippen MR) is 154 cm³/mol. The van der Waals surface area contributed by atoms with Crippen molar-refractivity contribution in [3.63, 3.8) is 0 Å². The molecule has 2 aromatic carbocycles. The summed E-state index contributed by atoms with van der Waals surface area (Å²) in [5, 5.41) is 14.4. The van der Waals surface area contributed by atoms with Gasteiger partial charge in [0.15, 0.2) is 17.7 Å². The molecule has 2 aromatic rings. The van der Waals surface area contributed by atoms with Crippen LogP contribution in [0.5, 0.6) is 17.2 Å². The first-order chi connectivity index (χ1) is 19.8. The van der Waals surface area contributed by atoms with Crippen molar-refractivity contribution in [1.82, 2.24) is 20.0 Å².